The van der Waals surface area contributed by atoms with Gasteiger partial charge in [0.25, 0.3) is 5.91 Å². The maximum atomic E-state index is 14.1. The van der Waals surface area contributed by atoms with Gasteiger partial charge >= 0.3 is 5.92 Å². The van der Waals surface area contributed by atoms with Gasteiger partial charge in [0.15, 0.2) is 0 Å². The molecule has 6 heteroatoms. The van der Waals surface area contributed by atoms with Gasteiger partial charge in [-0.3, -0.25) is 9.78 Å². The van der Waals surface area contributed by atoms with Gasteiger partial charge in [-0.2, -0.15) is 8.78 Å². The van der Waals surface area contributed by atoms with E-state index in [1.165, 1.54) is 6.20 Å². The number of nitrogens with one attached hydrogen (secondary N) is 2. The second kappa shape index (κ2) is 5.09. The van der Waals surface area contributed by atoms with Crippen molar-refractivity contribution >= 4 is 11.6 Å². The molecule has 2 heterocycles. The number of halogens is 2. The van der Waals surface area contributed by atoms with E-state index in [0.29, 0.717) is 18.7 Å². The van der Waals surface area contributed by atoms with Gasteiger partial charge in [0.05, 0.1) is 11.9 Å². The molecule has 0 bridgehead atoms. The molecule has 1 unspecified atom stereocenters. The summed E-state index contributed by atoms with van der Waals surface area (Å²) in [5.41, 5.74) is 2.44. The highest BCUT2D eigenvalue weighted by atomic mass is 19.3. The molecule has 2 N–H and O–H groups in total. The van der Waals surface area contributed by atoms with Crippen LogP contribution in [0.25, 0.3) is 0 Å². The number of fused-ring (bicyclic) bond motifs is 1. The average Bonchev–Trinajstić information content (AvgIpc) is 3.10. The van der Waals surface area contributed by atoms with E-state index < -0.39 is 17.7 Å². The Balaban J connectivity index is 1.77. The zero-order valence-electron chi connectivity index (χ0n) is 11.1. The molecule has 0 aromatic carbocycles. The Labute approximate surface area is 116 Å². The maximum Gasteiger partial charge on any atom is 0.328 e. The van der Waals surface area contributed by atoms with E-state index >= 15 is 0 Å². The van der Waals surface area contributed by atoms with Gasteiger partial charge in [0.1, 0.15) is 0 Å². The summed E-state index contributed by atoms with van der Waals surface area (Å²) in [6.45, 7) is 0.724. The monoisotopic (exact) mass is 281 g/mol. The number of anilines is 1. The van der Waals surface area contributed by atoms with Gasteiger partial charge in [-0.25, -0.2) is 0 Å². The van der Waals surface area contributed by atoms with Crippen molar-refractivity contribution in [1.82, 2.24) is 10.3 Å². The van der Waals surface area contributed by atoms with Crippen LogP contribution >= 0.6 is 0 Å². The number of carbonyl (C=O) groups is 1. The molecule has 0 spiro atoms. The topological polar surface area (TPSA) is 54.0 Å². The van der Waals surface area contributed by atoms with Crippen molar-refractivity contribution < 1.29 is 13.6 Å². The summed E-state index contributed by atoms with van der Waals surface area (Å²) in [4.78, 5) is 15.9. The number of nitrogens with zero attached hydrogens (tertiary/aromatic N) is 1. The van der Waals surface area contributed by atoms with Crippen LogP contribution in [0.5, 0.6) is 0 Å². The van der Waals surface area contributed by atoms with Gasteiger partial charge in [-0.1, -0.05) is 0 Å². The lowest BCUT2D eigenvalue weighted by Gasteiger charge is -2.22. The molecule has 0 radical (unpaired) electrons. The minimum atomic E-state index is -3.34. The molecule has 20 heavy (non-hydrogen) atoms. The Kier molecular flexibility index (Phi) is 3.41. The number of amides is 1. The van der Waals surface area contributed by atoms with Crippen LogP contribution in [0.4, 0.5) is 14.5 Å². The average molecular weight is 281 g/mol. The van der Waals surface area contributed by atoms with Crippen LogP contribution in [0.1, 0.15) is 24.0 Å². The van der Waals surface area contributed by atoms with E-state index in [1.54, 1.807) is 6.20 Å². The number of rotatable bonds is 3. The normalized spacial score (nSPS) is 21.8. The molecule has 1 aromatic rings. The smallest absolute Gasteiger partial charge is 0.319 e. The van der Waals surface area contributed by atoms with Crippen LogP contribution in [-0.4, -0.2) is 29.9 Å². The van der Waals surface area contributed by atoms with Crippen molar-refractivity contribution in [3.8, 4) is 0 Å². The zero-order chi connectivity index (χ0) is 14.2. The molecule has 1 atom stereocenters. The second-order valence-corrected chi connectivity index (χ2v) is 5.45. The first-order valence-electron chi connectivity index (χ1n) is 6.95. The van der Waals surface area contributed by atoms with Crippen LogP contribution in [0.2, 0.25) is 0 Å². The lowest BCUT2D eigenvalue weighted by atomic mass is 9.99. The van der Waals surface area contributed by atoms with E-state index in [0.717, 1.165) is 30.4 Å². The molecule has 108 valence electrons. The molecule has 1 aliphatic heterocycles. The van der Waals surface area contributed by atoms with E-state index in [4.69, 9.17) is 0 Å². The highest BCUT2D eigenvalue weighted by molar-refractivity contribution is 5.97. The Bertz CT molecular complexity index is 527. The van der Waals surface area contributed by atoms with Crippen molar-refractivity contribution in [3.05, 3.63) is 23.5 Å². The van der Waals surface area contributed by atoms with E-state index in [1.807, 2.05) is 0 Å². The van der Waals surface area contributed by atoms with E-state index in [-0.39, 0.29) is 6.54 Å². The molecular formula is C14H17F2N3O. The van der Waals surface area contributed by atoms with Crippen molar-refractivity contribution in [2.45, 2.75) is 31.6 Å². The van der Waals surface area contributed by atoms with Gasteiger partial charge in [0.2, 0.25) is 0 Å². The van der Waals surface area contributed by atoms with Crippen LogP contribution in [-0.2, 0) is 17.6 Å². The number of hydrogen-bond donors (Lipinski definition) is 2. The predicted molar refractivity (Wildman–Crippen MR) is 70.8 cm³/mol. The molecule has 1 aromatic heterocycles. The Morgan fingerprint density at radius 1 is 1.40 bits per heavy atom. The molecule has 0 saturated carbocycles. The van der Waals surface area contributed by atoms with Gasteiger partial charge < -0.3 is 10.6 Å². The molecule has 1 fully saturated rings. The predicted octanol–water partition coefficient (Wildman–Crippen LogP) is 1.75. The summed E-state index contributed by atoms with van der Waals surface area (Å²) in [5, 5.41) is 5.25. The first-order valence-corrected chi connectivity index (χ1v) is 6.95. The second-order valence-electron chi connectivity index (χ2n) is 5.45. The molecule has 2 aliphatic rings. The molecule has 1 saturated heterocycles. The third-order valence-electron chi connectivity index (χ3n) is 4.14. The fourth-order valence-electron chi connectivity index (χ4n) is 2.96. The lowest BCUT2D eigenvalue weighted by molar-refractivity contribution is -0.146. The number of alkyl halides is 2. The molecule has 4 nitrogen and oxygen atoms in total. The number of carbonyl (C=O) groups excluding carboxylic acids is 1. The number of pyridine rings is 1. The van der Waals surface area contributed by atoms with Crippen LogP contribution < -0.4 is 10.6 Å². The first kappa shape index (κ1) is 13.4. The minimum absolute atomic E-state index is 0.186. The molecule has 3 rings (SSSR count). The quantitative estimate of drug-likeness (QED) is 0.887. The molecule has 1 amide bonds. The van der Waals surface area contributed by atoms with Gasteiger partial charge in [-0.05, 0) is 43.4 Å². The fourth-order valence-corrected chi connectivity index (χ4v) is 2.96. The number of aryl methyl sites for hydroxylation is 1. The van der Waals surface area contributed by atoms with Gasteiger partial charge in [0, 0.05) is 18.7 Å². The zero-order valence-corrected chi connectivity index (χ0v) is 11.1. The summed E-state index contributed by atoms with van der Waals surface area (Å²) in [7, 11) is 0. The molecule has 1 aliphatic carbocycles. The van der Waals surface area contributed by atoms with Crippen molar-refractivity contribution in [3.63, 3.8) is 0 Å². The third kappa shape index (κ3) is 2.28. The SMILES string of the molecule is O=C(Nc1cncc2c1CCC2)C(F)(F)C1CCNC1. The third-order valence-corrected chi connectivity index (χ3v) is 4.14. The van der Waals surface area contributed by atoms with Crippen LogP contribution in [0.15, 0.2) is 12.4 Å². The van der Waals surface area contributed by atoms with E-state index in [2.05, 4.69) is 15.6 Å². The Morgan fingerprint density at radius 3 is 3.00 bits per heavy atom. The van der Waals surface area contributed by atoms with Crippen molar-refractivity contribution in [1.29, 1.82) is 0 Å². The minimum Gasteiger partial charge on any atom is -0.319 e. The summed E-state index contributed by atoms with van der Waals surface area (Å²) in [5.74, 6) is -5.48. The Hall–Kier alpha value is -1.56. The maximum absolute atomic E-state index is 14.1. The van der Waals surface area contributed by atoms with Crippen molar-refractivity contribution in [2.75, 3.05) is 18.4 Å². The number of aromatic nitrogens is 1. The summed E-state index contributed by atoms with van der Waals surface area (Å²) in [6.07, 6.45) is 6.22. The highest BCUT2D eigenvalue weighted by Crippen LogP contribution is 2.33. The fraction of sp³-hybridized carbons (Fsp3) is 0.571. The highest BCUT2D eigenvalue weighted by Gasteiger charge is 2.48. The molecular weight excluding hydrogens is 264 g/mol. The first-order chi connectivity index (χ1) is 9.59. The standard InChI is InChI=1S/C14H17F2N3O/c15-14(16,10-4-5-17-7-10)13(20)19-12-8-18-6-9-2-1-3-11(9)12/h6,8,10,17H,1-5,7H2,(H,19,20). The lowest BCUT2D eigenvalue weighted by Crippen LogP contribution is -2.42. The Morgan fingerprint density at radius 2 is 2.25 bits per heavy atom. The van der Waals surface area contributed by atoms with E-state index in [9.17, 15) is 13.6 Å². The summed E-state index contributed by atoms with van der Waals surface area (Å²) >= 11 is 0. The largest absolute Gasteiger partial charge is 0.328 e. The number of hydrogen-bond acceptors (Lipinski definition) is 3. The van der Waals surface area contributed by atoms with Gasteiger partial charge in [-0.15, -0.1) is 0 Å². The van der Waals surface area contributed by atoms with Crippen LogP contribution in [0.3, 0.4) is 0 Å². The van der Waals surface area contributed by atoms with Crippen molar-refractivity contribution in [2.24, 2.45) is 5.92 Å². The summed E-state index contributed by atoms with van der Waals surface area (Å²) in [6, 6.07) is 0. The van der Waals surface area contributed by atoms with Crippen LogP contribution in [0, 0.1) is 5.92 Å². The summed E-state index contributed by atoms with van der Waals surface area (Å²) < 4.78 is 28.2.